The summed E-state index contributed by atoms with van der Waals surface area (Å²) in [4.78, 5) is 0.237. The molecule has 0 unspecified atom stereocenters. The Labute approximate surface area is 72.8 Å². The van der Waals surface area contributed by atoms with E-state index in [1.54, 1.807) is 6.92 Å². The van der Waals surface area contributed by atoms with Gasteiger partial charge < -0.3 is 0 Å². The number of aryl methyl sites for hydroxylation is 1. The first-order valence-corrected chi connectivity index (χ1v) is 4.03. The van der Waals surface area contributed by atoms with E-state index in [2.05, 4.69) is 6.07 Å². The van der Waals surface area contributed by atoms with Crippen LogP contribution in [0.5, 0.6) is 0 Å². The Hall–Kier alpha value is -0.640. The van der Waals surface area contributed by atoms with Crippen molar-refractivity contribution in [3.63, 3.8) is 0 Å². The lowest BCUT2D eigenvalue weighted by atomic mass is 10.2. The van der Waals surface area contributed by atoms with Crippen LogP contribution >= 0.6 is 11.8 Å². The molecule has 1 aromatic rings. The van der Waals surface area contributed by atoms with Crippen molar-refractivity contribution in [1.29, 1.82) is 0 Å². The summed E-state index contributed by atoms with van der Waals surface area (Å²) in [6, 6.07) is 7.13. The van der Waals surface area contributed by atoms with E-state index in [1.807, 2.05) is 0 Å². The van der Waals surface area contributed by atoms with Gasteiger partial charge >= 0.3 is 5.51 Å². The van der Waals surface area contributed by atoms with E-state index in [0.717, 1.165) is 0 Å². The van der Waals surface area contributed by atoms with Gasteiger partial charge in [0.05, 0.1) is 0 Å². The standard InChI is InChI=1S/C8H6F3S/c1-6-4-2-3-5-7(6)12-8(9,10)11/h3-5H,1H3. The summed E-state index contributed by atoms with van der Waals surface area (Å²) >= 11 is -0.0926. The summed E-state index contributed by atoms with van der Waals surface area (Å²) in [6.45, 7) is 1.63. The van der Waals surface area contributed by atoms with E-state index >= 15 is 0 Å². The summed E-state index contributed by atoms with van der Waals surface area (Å²) in [5.41, 5.74) is -3.61. The highest BCUT2D eigenvalue weighted by molar-refractivity contribution is 8.00. The van der Waals surface area contributed by atoms with E-state index in [1.165, 1.54) is 18.2 Å². The molecular formula is C8H6F3S. The molecule has 0 heterocycles. The molecule has 0 atom stereocenters. The predicted octanol–water partition coefficient (Wildman–Crippen LogP) is 3.41. The third-order valence-electron chi connectivity index (χ3n) is 1.25. The van der Waals surface area contributed by atoms with Crippen LogP contribution in [0.1, 0.15) is 5.56 Å². The molecule has 0 aromatic heterocycles. The molecule has 0 nitrogen and oxygen atoms in total. The first-order chi connectivity index (χ1) is 5.49. The van der Waals surface area contributed by atoms with E-state index in [-0.39, 0.29) is 16.7 Å². The molecule has 1 radical (unpaired) electrons. The van der Waals surface area contributed by atoms with Gasteiger partial charge in [-0.3, -0.25) is 0 Å². The van der Waals surface area contributed by atoms with Gasteiger partial charge in [0, 0.05) is 4.90 Å². The Kier molecular flexibility index (Phi) is 2.67. The Morgan fingerprint density at radius 1 is 1.42 bits per heavy atom. The van der Waals surface area contributed by atoms with Crippen molar-refractivity contribution < 1.29 is 13.2 Å². The van der Waals surface area contributed by atoms with E-state index in [4.69, 9.17) is 0 Å². The highest BCUT2D eigenvalue weighted by Crippen LogP contribution is 2.37. The van der Waals surface area contributed by atoms with E-state index in [0.29, 0.717) is 5.56 Å². The fourth-order valence-corrected chi connectivity index (χ4v) is 1.34. The van der Waals surface area contributed by atoms with Gasteiger partial charge in [0.25, 0.3) is 0 Å². The molecule has 0 amide bonds. The molecule has 12 heavy (non-hydrogen) atoms. The zero-order valence-corrected chi connectivity index (χ0v) is 7.09. The Bertz CT molecular complexity index is 267. The number of hydrogen-bond acceptors (Lipinski definition) is 1. The second kappa shape index (κ2) is 3.39. The lowest BCUT2D eigenvalue weighted by Gasteiger charge is -2.06. The molecule has 0 aliphatic carbocycles. The second-order valence-corrected chi connectivity index (χ2v) is 3.35. The molecule has 0 aliphatic rings. The Morgan fingerprint density at radius 2 is 2.08 bits per heavy atom. The van der Waals surface area contributed by atoms with Crippen LogP contribution in [0, 0.1) is 13.0 Å². The van der Waals surface area contributed by atoms with Crippen molar-refractivity contribution in [2.45, 2.75) is 17.3 Å². The maximum atomic E-state index is 11.9. The van der Waals surface area contributed by atoms with Crippen LogP contribution in [0.15, 0.2) is 23.1 Å². The molecule has 0 spiro atoms. The molecule has 0 bridgehead atoms. The quantitative estimate of drug-likeness (QED) is 0.613. The van der Waals surface area contributed by atoms with Crippen LogP contribution in [0.4, 0.5) is 13.2 Å². The minimum absolute atomic E-state index is 0.0926. The molecule has 65 valence electrons. The van der Waals surface area contributed by atoms with Crippen LogP contribution in [-0.4, -0.2) is 5.51 Å². The van der Waals surface area contributed by atoms with Gasteiger partial charge in [-0.15, -0.1) is 0 Å². The summed E-state index contributed by atoms with van der Waals surface area (Å²) in [7, 11) is 0. The van der Waals surface area contributed by atoms with Gasteiger partial charge in [0.15, 0.2) is 0 Å². The summed E-state index contributed by atoms with van der Waals surface area (Å²) < 4.78 is 35.6. The fraction of sp³-hybridized carbons (Fsp3) is 0.250. The topological polar surface area (TPSA) is 0 Å². The van der Waals surface area contributed by atoms with Gasteiger partial charge in [-0.05, 0) is 36.4 Å². The van der Waals surface area contributed by atoms with E-state index in [9.17, 15) is 13.2 Å². The summed E-state index contributed by atoms with van der Waals surface area (Å²) in [6.07, 6.45) is 0. The number of rotatable bonds is 1. The van der Waals surface area contributed by atoms with Gasteiger partial charge in [0.2, 0.25) is 0 Å². The fourth-order valence-electron chi connectivity index (χ4n) is 0.739. The zero-order chi connectivity index (χ0) is 9.19. The number of alkyl halides is 3. The van der Waals surface area contributed by atoms with Crippen LogP contribution in [0.2, 0.25) is 0 Å². The molecule has 1 rings (SSSR count). The highest BCUT2D eigenvalue weighted by atomic mass is 32.2. The molecule has 1 aromatic carbocycles. The minimum Gasteiger partial charge on any atom is -0.160 e. The smallest absolute Gasteiger partial charge is 0.160 e. The minimum atomic E-state index is -4.20. The molecule has 0 fully saturated rings. The van der Waals surface area contributed by atoms with Gasteiger partial charge in [-0.2, -0.15) is 13.2 Å². The molecular weight excluding hydrogens is 185 g/mol. The SMILES string of the molecule is Cc1c[c]ccc1SC(F)(F)F. The number of thioether (sulfide) groups is 1. The van der Waals surface area contributed by atoms with Crippen LogP contribution in [-0.2, 0) is 0 Å². The first kappa shape index (κ1) is 9.45. The lowest BCUT2D eigenvalue weighted by molar-refractivity contribution is -0.0328. The maximum absolute atomic E-state index is 11.9. The second-order valence-electron chi connectivity index (χ2n) is 2.24. The summed E-state index contributed by atoms with van der Waals surface area (Å²) in [5.74, 6) is 0. The predicted molar refractivity (Wildman–Crippen MR) is 41.9 cm³/mol. The van der Waals surface area contributed by atoms with Crippen molar-refractivity contribution in [3.05, 3.63) is 29.8 Å². The van der Waals surface area contributed by atoms with Crippen molar-refractivity contribution >= 4 is 11.8 Å². The Balaban J connectivity index is 2.83. The maximum Gasteiger partial charge on any atom is 0.446 e. The molecule has 0 saturated carbocycles. The van der Waals surface area contributed by atoms with Gasteiger partial charge in [-0.1, -0.05) is 12.1 Å². The van der Waals surface area contributed by atoms with Gasteiger partial charge in [-0.25, -0.2) is 0 Å². The Morgan fingerprint density at radius 3 is 2.58 bits per heavy atom. The normalized spacial score (nSPS) is 11.7. The monoisotopic (exact) mass is 191 g/mol. The number of hydrogen-bond donors (Lipinski definition) is 0. The first-order valence-electron chi connectivity index (χ1n) is 3.21. The van der Waals surface area contributed by atoms with Crippen LogP contribution in [0.25, 0.3) is 0 Å². The molecule has 4 heteroatoms. The molecule has 0 saturated heterocycles. The van der Waals surface area contributed by atoms with Crippen LogP contribution < -0.4 is 0 Å². The van der Waals surface area contributed by atoms with Crippen molar-refractivity contribution in [1.82, 2.24) is 0 Å². The average Bonchev–Trinajstić information content (AvgIpc) is 1.91. The zero-order valence-electron chi connectivity index (χ0n) is 6.27. The molecule has 0 aliphatic heterocycles. The third-order valence-corrected chi connectivity index (χ3v) is 2.15. The van der Waals surface area contributed by atoms with Crippen molar-refractivity contribution in [3.8, 4) is 0 Å². The number of benzene rings is 1. The average molecular weight is 191 g/mol. The van der Waals surface area contributed by atoms with Gasteiger partial charge in [0.1, 0.15) is 0 Å². The van der Waals surface area contributed by atoms with Crippen molar-refractivity contribution in [2.75, 3.05) is 0 Å². The lowest BCUT2D eigenvalue weighted by Crippen LogP contribution is -1.99. The third kappa shape index (κ3) is 2.77. The molecule has 0 N–H and O–H groups in total. The van der Waals surface area contributed by atoms with Crippen LogP contribution in [0.3, 0.4) is 0 Å². The number of halogens is 3. The van der Waals surface area contributed by atoms with E-state index < -0.39 is 5.51 Å². The summed E-state index contributed by atoms with van der Waals surface area (Å²) in [5, 5.41) is 0. The highest BCUT2D eigenvalue weighted by Gasteiger charge is 2.29. The largest absolute Gasteiger partial charge is 0.446 e. The van der Waals surface area contributed by atoms with Crippen molar-refractivity contribution in [2.24, 2.45) is 0 Å².